The molecule has 4 rings (SSSR count). The van der Waals surface area contributed by atoms with E-state index in [0.29, 0.717) is 48.5 Å². The van der Waals surface area contributed by atoms with Crippen LogP contribution in [0.3, 0.4) is 0 Å². The lowest BCUT2D eigenvalue weighted by atomic mass is 9.96. The van der Waals surface area contributed by atoms with E-state index in [1.807, 2.05) is 24.3 Å². The Morgan fingerprint density at radius 2 is 1.80 bits per heavy atom. The fourth-order valence-corrected chi connectivity index (χ4v) is 3.21. The summed E-state index contributed by atoms with van der Waals surface area (Å²) in [6.07, 6.45) is 1.46. The molecule has 2 aromatic carbocycles. The highest BCUT2D eigenvalue weighted by Gasteiger charge is 2.26. The zero-order valence-electron chi connectivity index (χ0n) is 13.6. The highest BCUT2D eigenvalue weighted by Crippen LogP contribution is 2.38. The molecule has 6 heteroatoms. The van der Waals surface area contributed by atoms with Gasteiger partial charge in [0.25, 0.3) is 0 Å². The third kappa shape index (κ3) is 3.37. The molecule has 25 heavy (non-hydrogen) atoms. The molecule has 2 aromatic rings. The second-order valence-corrected chi connectivity index (χ2v) is 6.55. The quantitative estimate of drug-likeness (QED) is 0.888. The van der Waals surface area contributed by atoms with Gasteiger partial charge in [-0.15, -0.1) is 0 Å². The van der Waals surface area contributed by atoms with Gasteiger partial charge < -0.3 is 19.5 Å². The molecule has 0 radical (unpaired) electrons. The van der Waals surface area contributed by atoms with E-state index in [-0.39, 0.29) is 11.8 Å². The van der Waals surface area contributed by atoms with Crippen molar-refractivity contribution in [3.8, 4) is 17.2 Å². The van der Waals surface area contributed by atoms with Crippen LogP contribution in [0.1, 0.15) is 12.0 Å². The third-order valence-electron chi connectivity index (χ3n) is 4.34. The van der Waals surface area contributed by atoms with Gasteiger partial charge in [-0.25, -0.2) is 0 Å². The molecule has 0 saturated carbocycles. The van der Waals surface area contributed by atoms with Gasteiger partial charge in [0.2, 0.25) is 5.91 Å². The molecule has 0 aromatic heterocycles. The summed E-state index contributed by atoms with van der Waals surface area (Å²) in [5.74, 6) is 1.67. The van der Waals surface area contributed by atoms with Gasteiger partial charge in [-0.3, -0.25) is 4.79 Å². The van der Waals surface area contributed by atoms with E-state index in [9.17, 15) is 4.79 Å². The topological polar surface area (TPSA) is 56.8 Å². The number of halogens is 1. The summed E-state index contributed by atoms with van der Waals surface area (Å²) < 4.78 is 17.0. The van der Waals surface area contributed by atoms with Crippen LogP contribution in [0.4, 0.5) is 5.69 Å². The van der Waals surface area contributed by atoms with Crippen molar-refractivity contribution in [1.29, 1.82) is 0 Å². The second-order valence-electron chi connectivity index (χ2n) is 6.14. The predicted octanol–water partition coefficient (Wildman–Crippen LogP) is 3.69. The van der Waals surface area contributed by atoms with Gasteiger partial charge in [-0.1, -0.05) is 29.8 Å². The van der Waals surface area contributed by atoms with Crippen molar-refractivity contribution in [2.75, 3.05) is 25.1 Å². The van der Waals surface area contributed by atoms with E-state index in [2.05, 4.69) is 5.32 Å². The van der Waals surface area contributed by atoms with Crippen molar-refractivity contribution in [2.45, 2.75) is 12.8 Å². The Labute approximate surface area is 150 Å². The summed E-state index contributed by atoms with van der Waals surface area (Å²) in [7, 11) is 0. The van der Waals surface area contributed by atoms with Gasteiger partial charge in [-0.2, -0.15) is 0 Å². The molecule has 1 atom stereocenters. The fraction of sp³-hybridized carbons (Fsp3) is 0.316. The molecule has 1 unspecified atom stereocenters. The molecule has 130 valence electrons. The van der Waals surface area contributed by atoms with Gasteiger partial charge in [0.05, 0.1) is 29.8 Å². The number of carbonyl (C=O) groups is 1. The monoisotopic (exact) mass is 359 g/mol. The number of fused-ring (bicyclic) bond motifs is 2. The first kappa shape index (κ1) is 16.1. The Bertz CT molecular complexity index is 808. The molecular weight excluding hydrogens is 342 g/mol. The molecule has 1 amide bonds. The number of ether oxygens (including phenoxy) is 3. The number of rotatable bonds is 2. The number of benzene rings is 2. The molecule has 0 saturated heterocycles. The molecule has 0 fully saturated rings. The zero-order chi connectivity index (χ0) is 17.2. The van der Waals surface area contributed by atoms with E-state index in [4.69, 9.17) is 25.8 Å². The minimum atomic E-state index is -0.262. The molecule has 0 aliphatic carbocycles. The van der Waals surface area contributed by atoms with Gasteiger partial charge in [-0.05, 0) is 18.1 Å². The van der Waals surface area contributed by atoms with Crippen molar-refractivity contribution >= 4 is 23.2 Å². The number of hydrogen-bond acceptors (Lipinski definition) is 4. The summed E-state index contributed by atoms with van der Waals surface area (Å²) in [5.41, 5.74) is 1.56. The Morgan fingerprint density at radius 3 is 2.64 bits per heavy atom. The Morgan fingerprint density at radius 1 is 1.04 bits per heavy atom. The largest absolute Gasteiger partial charge is 0.492 e. The molecule has 2 aliphatic rings. The average molecular weight is 360 g/mol. The van der Waals surface area contributed by atoms with Gasteiger partial charge in [0.15, 0.2) is 11.5 Å². The van der Waals surface area contributed by atoms with Crippen molar-refractivity contribution in [2.24, 2.45) is 5.92 Å². The molecular formula is C19H18ClNO4. The van der Waals surface area contributed by atoms with Crippen molar-refractivity contribution in [3.05, 3.63) is 47.0 Å². The standard InChI is InChI=1S/C19H18ClNO4/c20-14-9-17-18(24-7-3-6-23-17)10-15(14)21-19(22)13-8-12-4-1-2-5-16(12)25-11-13/h1-2,4-5,9-10,13H,3,6-8,11H2,(H,21,22). The normalized spacial score (nSPS) is 18.5. The maximum absolute atomic E-state index is 12.6. The first-order valence-corrected chi connectivity index (χ1v) is 8.69. The highest BCUT2D eigenvalue weighted by molar-refractivity contribution is 6.34. The Hall–Kier alpha value is -2.40. The van der Waals surface area contributed by atoms with E-state index in [1.54, 1.807) is 12.1 Å². The average Bonchev–Trinajstić information content (AvgIpc) is 2.86. The minimum Gasteiger partial charge on any atom is -0.492 e. The lowest BCUT2D eigenvalue weighted by Gasteiger charge is -2.24. The number of nitrogens with one attached hydrogen (secondary N) is 1. The van der Waals surface area contributed by atoms with Gasteiger partial charge >= 0.3 is 0 Å². The summed E-state index contributed by atoms with van der Waals surface area (Å²) >= 11 is 6.30. The maximum atomic E-state index is 12.6. The first-order chi connectivity index (χ1) is 12.2. The van der Waals surface area contributed by atoms with Crippen LogP contribution in [-0.2, 0) is 11.2 Å². The molecule has 2 aliphatic heterocycles. The Balaban J connectivity index is 1.51. The minimum absolute atomic E-state index is 0.120. The van der Waals surface area contributed by atoms with E-state index in [0.717, 1.165) is 17.7 Å². The van der Waals surface area contributed by atoms with Crippen molar-refractivity contribution in [1.82, 2.24) is 0 Å². The molecule has 1 N–H and O–H groups in total. The van der Waals surface area contributed by atoms with Crippen LogP contribution in [0.15, 0.2) is 36.4 Å². The molecule has 0 spiro atoms. The summed E-state index contributed by atoms with van der Waals surface area (Å²) in [6, 6.07) is 11.2. The molecule has 2 heterocycles. The SMILES string of the molecule is O=C(Nc1cc2c(cc1Cl)OCCCO2)C1COc2ccccc2C1. The van der Waals surface area contributed by atoms with Crippen LogP contribution in [0.5, 0.6) is 17.2 Å². The fourth-order valence-electron chi connectivity index (χ4n) is 3.01. The van der Waals surface area contributed by atoms with Crippen molar-refractivity contribution in [3.63, 3.8) is 0 Å². The van der Waals surface area contributed by atoms with Gasteiger partial charge in [0.1, 0.15) is 12.4 Å². The molecule has 5 nitrogen and oxygen atoms in total. The summed E-state index contributed by atoms with van der Waals surface area (Å²) in [6.45, 7) is 1.52. The maximum Gasteiger partial charge on any atom is 0.231 e. The van der Waals surface area contributed by atoms with Crippen LogP contribution >= 0.6 is 11.6 Å². The van der Waals surface area contributed by atoms with Crippen molar-refractivity contribution < 1.29 is 19.0 Å². The smallest absolute Gasteiger partial charge is 0.231 e. The van der Waals surface area contributed by atoms with Crippen LogP contribution < -0.4 is 19.5 Å². The number of para-hydroxylation sites is 1. The number of hydrogen-bond donors (Lipinski definition) is 1. The van der Waals surface area contributed by atoms with E-state index in [1.165, 1.54) is 0 Å². The third-order valence-corrected chi connectivity index (χ3v) is 4.66. The van der Waals surface area contributed by atoms with Crippen LogP contribution in [0.25, 0.3) is 0 Å². The van der Waals surface area contributed by atoms with Crippen LogP contribution in [0.2, 0.25) is 5.02 Å². The zero-order valence-corrected chi connectivity index (χ0v) is 14.3. The van der Waals surface area contributed by atoms with E-state index < -0.39 is 0 Å². The predicted molar refractivity (Wildman–Crippen MR) is 94.8 cm³/mol. The lowest BCUT2D eigenvalue weighted by molar-refractivity contribution is -0.121. The van der Waals surface area contributed by atoms with E-state index >= 15 is 0 Å². The summed E-state index contributed by atoms with van der Waals surface area (Å²) in [5, 5.41) is 3.32. The summed E-state index contributed by atoms with van der Waals surface area (Å²) in [4.78, 5) is 12.6. The molecule has 0 bridgehead atoms. The Kier molecular flexibility index (Phi) is 4.40. The number of amides is 1. The number of anilines is 1. The second kappa shape index (κ2) is 6.84. The number of carbonyl (C=O) groups excluding carboxylic acids is 1. The van der Waals surface area contributed by atoms with Gasteiger partial charge in [0, 0.05) is 18.6 Å². The first-order valence-electron chi connectivity index (χ1n) is 8.31. The van der Waals surface area contributed by atoms with Crippen LogP contribution in [-0.4, -0.2) is 25.7 Å². The lowest BCUT2D eigenvalue weighted by Crippen LogP contribution is -2.32. The highest BCUT2D eigenvalue weighted by atomic mass is 35.5. The van der Waals surface area contributed by atoms with Crippen LogP contribution in [0, 0.1) is 5.92 Å².